The van der Waals surface area contributed by atoms with Gasteiger partial charge >= 0.3 is 12.0 Å². The Labute approximate surface area is 256 Å². The lowest BCUT2D eigenvalue weighted by molar-refractivity contribution is -0.814. The van der Waals surface area contributed by atoms with Crippen LogP contribution in [0.1, 0.15) is 57.7 Å². The lowest BCUT2D eigenvalue weighted by atomic mass is 9.81. The number of fused-ring (bicyclic) bond motifs is 1. The zero-order valence-corrected chi connectivity index (χ0v) is 26.6. The Bertz CT molecular complexity index is 1430. The fourth-order valence-electron chi connectivity index (χ4n) is 6.87. The molecule has 10 heteroatoms. The second-order valence-corrected chi connectivity index (χ2v) is 13.9. The molecule has 0 aliphatic carbocycles. The Hall–Kier alpha value is -2.36. The third-order valence-electron chi connectivity index (χ3n) is 8.78. The molecule has 7 nitrogen and oxygen atoms in total. The number of quaternary nitrogens is 1. The van der Waals surface area contributed by atoms with E-state index in [0.717, 1.165) is 16.8 Å². The molecule has 5 atom stereocenters. The molecule has 2 aromatic rings. The van der Waals surface area contributed by atoms with Crippen LogP contribution in [0, 0.1) is 5.92 Å². The molecule has 3 heterocycles. The largest absolute Gasteiger partial charge is 0.521 e. The normalized spacial score (nSPS) is 29.5. The number of thioether (sulfide) groups is 1. The number of hydrogen-bond acceptors (Lipinski definition) is 6. The van der Waals surface area contributed by atoms with E-state index in [1.807, 2.05) is 74.4 Å². The number of halogens is 2. The molecule has 3 aliphatic rings. The van der Waals surface area contributed by atoms with Crippen molar-refractivity contribution in [3.63, 3.8) is 0 Å². The topological polar surface area (TPSA) is 73.2 Å². The predicted molar refractivity (Wildman–Crippen MR) is 166 cm³/mol. The number of allylic oxidation sites excluding steroid dienone is 1. The number of rotatable bonds is 6. The van der Waals surface area contributed by atoms with Gasteiger partial charge in [0.05, 0.1) is 12.6 Å². The van der Waals surface area contributed by atoms with E-state index >= 15 is 0 Å². The number of amides is 2. The number of likely N-dealkylation sites (N-methyl/N-ethyl adjacent to an activating group) is 1. The summed E-state index contributed by atoms with van der Waals surface area (Å²) in [6, 6.07) is 14.5. The van der Waals surface area contributed by atoms with E-state index in [1.54, 1.807) is 0 Å². The van der Waals surface area contributed by atoms with Crippen molar-refractivity contribution in [2.24, 2.45) is 10.9 Å². The number of hydrogen-bond donors (Lipinski definition) is 1. The maximum atomic E-state index is 14.7. The van der Waals surface area contributed by atoms with Crippen LogP contribution in [0.15, 0.2) is 64.1 Å². The third-order valence-corrected chi connectivity index (χ3v) is 10.3. The van der Waals surface area contributed by atoms with Gasteiger partial charge in [-0.3, -0.25) is 0 Å². The fraction of sp³-hybridized carbons (Fsp3) is 0.452. The molecule has 1 fully saturated rings. The van der Waals surface area contributed by atoms with Gasteiger partial charge in [0.15, 0.2) is 5.17 Å². The van der Waals surface area contributed by atoms with E-state index in [9.17, 15) is 14.7 Å². The number of amidine groups is 1. The van der Waals surface area contributed by atoms with E-state index in [1.165, 1.54) is 11.8 Å². The molecule has 0 spiro atoms. The first-order valence-electron chi connectivity index (χ1n) is 14.0. The van der Waals surface area contributed by atoms with Crippen molar-refractivity contribution in [3.8, 4) is 0 Å². The number of imide groups is 1. The highest BCUT2D eigenvalue weighted by atomic mass is 35.5. The quantitative estimate of drug-likeness (QED) is 0.342. The second kappa shape index (κ2) is 11.0. The summed E-state index contributed by atoms with van der Waals surface area (Å²) in [6.07, 6.45) is 0.273. The molecule has 2 aromatic carbocycles. The van der Waals surface area contributed by atoms with Gasteiger partial charge in [0.25, 0.3) is 0 Å². The van der Waals surface area contributed by atoms with Crippen molar-refractivity contribution >= 4 is 52.1 Å². The highest BCUT2D eigenvalue weighted by Gasteiger charge is 2.63. The Morgan fingerprint density at radius 2 is 1.68 bits per heavy atom. The summed E-state index contributed by atoms with van der Waals surface area (Å²) in [5.41, 5.74) is 2.12. The average Bonchev–Trinajstić information content (AvgIpc) is 3.52. The zero-order valence-electron chi connectivity index (χ0n) is 24.3. The van der Waals surface area contributed by atoms with Crippen molar-refractivity contribution in [2.75, 3.05) is 20.6 Å². The lowest BCUT2D eigenvalue weighted by Gasteiger charge is -2.38. The molecule has 3 aliphatic heterocycles. The minimum absolute atomic E-state index is 0.0597. The van der Waals surface area contributed by atoms with E-state index in [0.29, 0.717) is 39.5 Å². The zero-order chi connectivity index (χ0) is 29.9. The first-order chi connectivity index (χ1) is 19.3. The Kier molecular flexibility index (Phi) is 8.11. The van der Waals surface area contributed by atoms with E-state index < -0.39 is 16.1 Å². The van der Waals surface area contributed by atoms with Crippen molar-refractivity contribution in [3.05, 3.63) is 80.3 Å². The Morgan fingerprint density at radius 3 is 2.22 bits per heavy atom. The Morgan fingerprint density at radius 1 is 1.10 bits per heavy atom. The number of aliphatic imine (C=N–C) groups is 1. The third kappa shape index (κ3) is 4.82. The first-order valence-corrected chi connectivity index (χ1v) is 15.5. The molecule has 1 saturated heterocycles. The lowest BCUT2D eigenvalue weighted by Crippen LogP contribution is -2.65. The van der Waals surface area contributed by atoms with Crippen LogP contribution in [0.4, 0.5) is 4.79 Å². The number of carboxylic acid groups (broad SMARTS) is 1. The number of likely N-dealkylation sites (tertiary alicyclic amines) is 1. The first kappa shape index (κ1) is 30.1. The maximum Gasteiger partial charge on any atom is 0.521 e. The van der Waals surface area contributed by atoms with Gasteiger partial charge in [-0.2, -0.15) is 4.79 Å². The molecule has 0 bridgehead atoms. The van der Waals surface area contributed by atoms with Gasteiger partial charge in [0.1, 0.15) is 22.5 Å². The summed E-state index contributed by atoms with van der Waals surface area (Å²) in [5.74, 6) is -0.404. The van der Waals surface area contributed by atoms with Crippen LogP contribution in [0.5, 0.6) is 0 Å². The molecule has 0 saturated carbocycles. The van der Waals surface area contributed by atoms with Gasteiger partial charge in [-0.15, -0.1) is 4.48 Å². The molecule has 2 amide bonds. The van der Waals surface area contributed by atoms with Gasteiger partial charge in [-0.25, -0.2) is 9.79 Å². The summed E-state index contributed by atoms with van der Waals surface area (Å²) in [5, 5.41) is 12.7. The number of carbonyl (C=O) groups excluding carboxylic acids is 1. The highest BCUT2D eigenvalue weighted by Crippen LogP contribution is 2.57. The van der Waals surface area contributed by atoms with Crippen LogP contribution in [0.3, 0.4) is 0 Å². The SMILES string of the molecule is CC(C)C1=C(C(=O)[N+]2(C(=O)O)C(C)CC[C@H]2CN(C)C)SC2=N[C@@](C)(c3ccc(Cl)cc3)[C@@H](c3ccc(Cl)cc3)N21. The Balaban J connectivity index is 1.68. The van der Waals surface area contributed by atoms with Crippen LogP contribution in [-0.2, 0) is 10.3 Å². The molecule has 41 heavy (non-hydrogen) atoms. The van der Waals surface area contributed by atoms with E-state index in [-0.39, 0.29) is 30.0 Å². The van der Waals surface area contributed by atoms with Gasteiger partial charge in [0, 0.05) is 28.6 Å². The van der Waals surface area contributed by atoms with E-state index in [4.69, 9.17) is 28.2 Å². The minimum Gasteiger partial charge on any atom is -0.435 e. The van der Waals surface area contributed by atoms with Crippen molar-refractivity contribution < 1.29 is 19.2 Å². The van der Waals surface area contributed by atoms with E-state index in [2.05, 4.69) is 25.7 Å². The monoisotopic (exact) mass is 615 g/mol. The van der Waals surface area contributed by atoms with Gasteiger partial charge in [-0.05, 0) is 81.0 Å². The smallest absolute Gasteiger partial charge is 0.435 e. The summed E-state index contributed by atoms with van der Waals surface area (Å²) in [4.78, 5) is 37.7. The summed E-state index contributed by atoms with van der Waals surface area (Å²) < 4.78 is -0.585. The second-order valence-electron chi connectivity index (χ2n) is 12.1. The van der Waals surface area contributed by atoms with Crippen LogP contribution >= 0.6 is 35.0 Å². The summed E-state index contributed by atoms with van der Waals surface area (Å²) >= 11 is 13.8. The van der Waals surface area contributed by atoms with Crippen molar-refractivity contribution in [2.45, 2.75) is 64.2 Å². The standard InChI is InChI=1S/C31H36Cl2N4O3S/c1-18(2)25-26(28(38)37(30(39)40)19(3)7-16-24(37)17-35(5)6)41-29-34-31(4,21-10-14-23(33)15-11-21)27(36(25)29)20-8-12-22(32)13-9-20/h8-15,18-19,24,27H,7,16-17H2,1-6H3/p+1/t19?,24-,27+,31-,37?/m0/s1. The molecular weight excluding hydrogens is 579 g/mol. The van der Waals surface area contributed by atoms with Crippen molar-refractivity contribution in [1.82, 2.24) is 9.80 Å². The van der Waals surface area contributed by atoms with Gasteiger partial charge < -0.3 is 14.9 Å². The van der Waals surface area contributed by atoms with Crippen LogP contribution < -0.4 is 0 Å². The van der Waals surface area contributed by atoms with Crippen LogP contribution in [-0.4, -0.2) is 69.3 Å². The molecule has 2 unspecified atom stereocenters. The average molecular weight is 617 g/mol. The van der Waals surface area contributed by atoms with Gasteiger partial charge in [0.2, 0.25) is 0 Å². The van der Waals surface area contributed by atoms with Crippen molar-refractivity contribution in [1.29, 1.82) is 0 Å². The van der Waals surface area contributed by atoms with Crippen LogP contribution in [0.2, 0.25) is 10.0 Å². The maximum absolute atomic E-state index is 14.7. The summed E-state index contributed by atoms with van der Waals surface area (Å²) in [6.45, 7) is 8.62. The number of carbonyl (C=O) groups is 2. The molecule has 0 radical (unpaired) electrons. The molecule has 0 aromatic heterocycles. The number of benzene rings is 2. The van der Waals surface area contributed by atoms with Gasteiger partial charge in [-0.1, -0.05) is 61.3 Å². The highest BCUT2D eigenvalue weighted by molar-refractivity contribution is 8.18. The number of nitrogens with zero attached hydrogens (tertiary/aromatic N) is 4. The molecule has 5 rings (SSSR count). The van der Waals surface area contributed by atoms with Crippen LogP contribution in [0.25, 0.3) is 0 Å². The minimum atomic E-state index is -1.09. The predicted octanol–water partition coefficient (Wildman–Crippen LogP) is 7.37. The molecular formula is C31H37Cl2N4O3S+. The summed E-state index contributed by atoms with van der Waals surface area (Å²) in [7, 11) is 3.85. The molecule has 1 N–H and O–H groups in total. The fourth-order valence-corrected chi connectivity index (χ4v) is 8.52. The molecule has 218 valence electrons.